The number of hydrogen-bond acceptors (Lipinski definition) is 2. The van der Waals surface area contributed by atoms with Gasteiger partial charge in [-0.15, -0.1) is 0 Å². The summed E-state index contributed by atoms with van der Waals surface area (Å²) in [4.78, 5) is 10.8. The van der Waals surface area contributed by atoms with Gasteiger partial charge in [-0.05, 0) is 25.7 Å². The van der Waals surface area contributed by atoms with E-state index in [2.05, 4.69) is 0 Å². The highest BCUT2D eigenvalue weighted by Gasteiger charge is 2.48. The van der Waals surface area contributed by atoms with Crippen molar-refractivity contribution in [3.05, 3.63) is 0 Å². The van der Waals surface area contributed by atoms with Gasteiger partial charge in [0.25, 0.3) is 0 Å². The number of carboxylic acids is 1. The van der Waals surface area contributed by atoms with Crippen LogP contribution in [0.4, 0.5) is 13.2 Å². The molecule has 88 valence electrons. The van der Waals surface area contributed by atoms with Gasteiger partial charge >= 0.3 is 12.1 Å². The summed E-state index contributed by atoms with van der Waals surface area (Å²) in [5, 5.41) is 17.8. The Balaban J connectivity index is 2.65. The SMILES string of the molecule is O=C(O)C1(CO)CCC(C(F)(F)F)CC1. The number of alkyl halides is 3. The van der Waals surface area contributed by atoms with E-state index < -0.39 is 30.1 Å². The molecule has 1 aliphatic carbocycles. The summed E-state index contributed by atoms with van der Waals surface area (Å²) in [5.74, 6) is -2.62. The van der Waals surface area contributed by atoms with Gasteiger partial charge in [0.05, 0.1) is 17.9 Å². The highest BCUT2D eigenvalue weighted by Crippen LogP contribution is 2.44. The summed E-state index contributed by atoms with van der Waals surface area (Å²) >= 11 is 0. The molecule has 0 unspecified atom stereocenters. The fourth-order valence-corrected chi connectivity index (χ4v) is 1.94. The minimum Gasteiger partial charge on any atom is -0.481 e. The minimum atomic E-state index is -4.25. The van der Waals surface area contributed by atoms with Crippen molar-refractivity contribution in [3.8, 4) is 0 Å². The first-order valence-corrected chi connectivity index (χ1v) is 4.73. The average Bonchev–Trinajstić information content (AvgIpc) is 2.16. The third-order valence-electron chi connectivity index (χ3n) is 3.16. The van der Waals surface area contributed by atoms with Gasteiger partial charge < -0.3 is 10.2 Å². The predicted octanol–water partition coefficient (Wildman–Crippen LogP) is 1.80. The van der Waals surface area contributed by atoms with E-state index in [0.717, 1.165) is 0 Å². The number of rotatable bonds is 2. The summed E-state index contributed by atoms with van der Waals surface area (Å²) in [5.41, 5.74) is -1.36. The lowest BCUT2D eigenvalue weighted by atomic mass is 9.71. The zero-order valence-electron chi connectivity index (χ0n) is 8.05. The van der Waals surface area contributed by atoms with Crippen molar-refractivity contribution in [2.75, 3.05) is 6.61 Å². The molecule has 1 fully saturated rings. The summed E-state index contributed by atoms with van der Waals surface area (Å²) in [6, 6.07) is 0. The number of aliphatic hydroxyl groups excluding tert-OH is 1. The van der Waals surface area contributed by atoms with E-state index >= 15 is 0 Å². The van der Waals surface area contributed by atoms with Crippen LogP contribution < -0.4 is 0 Å². The van der Waals surface area contributed by atoms with E-state index in [1.54, 1.807) is 0 Å². The molecule has 0 atom stereocenters. The van der Waals surface area contributed by atoms with Crippen molar-refractivity contribution < 1.29 is 28.2 Å². The van der Waals surface area contributed by atoms with E-state index in [0.29, 0.717) is 0 Å². The molecule has 2 N–H and O–H groups in total. The van der Waals surface area contributed by atoms with Crippen LogP contribution in [-0.2, 0) is 4.79 Å². The van der Waals surface area contributed by atoms with Gasteiger partial charge in [-0.1, -0.05) is 0 Å². The summed E-state index contributed by atoms with van der Waals surface area (Å²) in [7, 11) is 0. The fraction of sp³-hybridized carbons (Fsp3) is 0.889. The Bertz CT molecular complexity index is 241. The van der Waals surface area contributed by atoms with Gasteiger partial charge in [-0.3, -0.25) is 4.79 Å². The van der Waals surface area contributed by atoms with E-state index in [-0.39, 0.29) is 25.7 Å². The Hall–Kier alpha value is -0.780. The van der Waals surface area contributed by atoms with E-state index in [1.807, 2.05) is 0 Å². The standard InChI is InChI=1S/C9H13F3O3/c10-9(11,12)6-1-3-8(5-13,4-2-6)7(14)15/h6,13H,1-5H2,(H,14,15). The highest BCUT2D eigenvalue weighted by atomic mass is 19.4. The molecule has 1 saturated carbocycles. The molecule has 0 spiro atoms. The van der Waals surface area contributed by atoms with Crippen molar-refractivity contribution in [2.45, 2.75) is 31.9 Å². The lowest BCUT2D eigenvalue weighted by Crippen LogP contribution is -2.41. The lowest BCUT2D eigenvalue weighted by molar-refractivity contribution is -0.193. The minimum absolute atomic E-state index is 0.108. The third-order valence-corrected chi connectivity index (χ3v) is 3.16. The van der Waals surface area contributed by atoms with Crippen LogP contribution in [0.5, 0.6) is 0 Å². The zero-order valence-corrected chi connectivity index (χ0v) is 8.05. The molecule has 0 amide bonds. The molecule has 0 heterocycles. The first kappa shape index (κ1) is 12.3. The molecule has 15 heavy (non-hydrogen) atoms. The second kappa shape index (κ2) is 4.00. The zero-order chi connectivity index (χ0) is 11.7. The van der Waals surface area contributed by atoms with Crippen molar-refractivity contribution >= 4 is 5.97 Å². The Morgan fingerprint density at radius 3 is 2.07 bits per heavy atom. The molecular weight excluding hydrogens is 213 g/mol. The monoisotopic (exact) mass is 226 g/mol. The Morgan fingerprint density at radius 2 is 1.80 bits per heavy atom. The molecule has 1 rings (SSSR count). The molecule has 6 heteroatoms. The van der Waals surface area contributed by atoms with Gasteiger partial charge in [0.1, 0.15) is 0 Å². The van der Waals surface area contributed by atoms with Crippen LogP contribution >= 0.6 is 0 Å². The molecule has 0 saturated heterocycles. The predicted molar refractivity (Wildman–Crippen MR) is 45.2 cm³/mol. The molecule has 0 aromatic rings. The number of carboxylic acid groups (broad SMARTS) is 1. The molecule has 0 radical (unpaired) electrons. The van der Waals surface area contributed by atoms with Crippen molar-refractivity contribution in [3.63, 3.8) is 0 Å². The third kappa shape index (κ3) is 2.42. The number of carbonyl (C=O) groups is 1. The summed E-state index contributed by atoms with van der Waals surface area (Å²) in [6.07, 6.45) is -4.89. The van der Waals surface area contributed by atoms with Crippen molar-refractivity contribution in [1.82, 2.24) is 0 Å². The van der Waals surface area contributed by atoms with Crippen LogP contribution in [0.25, 0.3) is 0 Å². The van der Waals surface area contributed by atoms with Crippen LogP contribution in [0.15, 0.2) is 0 Å². The van der Waals surface area contributed by atoms with Crippen LogP contribution in [0.1, 0.15) is 25.7 Å². The summed E-state index contributed by atoms with van der Waals surface area (Å²) < 4.78 is 36.9. The van der Waals surface area contributed by atoms with Crippen molar-refractivity contribution in [1.29, 1.82) is 0 Å². The fourth-order valence-electron chi connectivity index (χ4n) is 1.94. The molecule has 3 nitrogen and oxygen atoms in total. The van der Waals surface area contributed by atoms with Gasteiger partial charge in [-0.25, -0.2) is 0 Å². The van der Waals surface area contributed by atoms with Gasteiger partial charge in [0.2, 0.25) is 0 Å². The normalized spacial score (nSPS) is 32.7. The quantitative estimate of drug-likeness (QED) is 0.754. The molecule has 0 aromatic carbocycles. The van der Waals surface area contributed by atoms with Crippen LogP contribution in [0, 0.1) is 11.3 Å². The van der Waals surface area contributed by atoms with Gasteiger partial charge in [0, 0.05) is 0 Å². The van der Waals surface area contributed by atoms with Crippen LogP contribution in [0.3, 0.4) is 0 Å². The number of aliphatic carboxylic acids is 1. The first-order chi connectivity index (χ1) is 6.82. The lowest BCUT2D eigenvalue weighted by Gasteiger charge is -2.35. The molecule has 0 aliphatic heterocycles. The first-order valence-electron chi connectivity index (χ1n) is 4.73. The Kier molecular flexibility index (Phi) is 3.28. The molecular formula is C9H13F3O3. The van der Waals surface area contributed by atoms with E-state index in [9.17, 15) is 18.0 Å². The number of halogens is 3. The molecule has 0 aromatic heterocycles. The van der Waals surface area contributed by atoms with Gasteiger partial charge in [-0.2, -0.15) is 13.2 Å². The van der Waals surface area contributed by atoms with E-state index in [4.69, 9.17) is 10.2 Å². The number of aliphatic hydroxyl groups is 1. The highest BCUT2D eigenvalue weighted by molar-refractivity contribution is 5.74. The average molecular weight is 226 g/mol. The van der Waals surface area contributed by atoms with Crippen LogP contribution in [-0.4, -0.2) is 29.0 Å². The Morgan fingerprint density at radius 1 is 1.33 bits per heavy atom. The maximum absolute atomic E-state index is 12.3. The second-order valence-electron chi connectivity index (χ2n) is 4.06. The topological polar surface area (TPSA) is 57.5 Å². The number of hydrogen-bond donors (Lipinski definition) is 2. The Labute approximate surface area is 84.9 Å². The van der Waals surface area contributed by atoms with Crippen molar-refractivity contribution in [2.24, 2.45) is 11.3 Å². The maximum atomic E-state index is 12.3. The molecule has 0 bridgehead atoms. The summed E-state index contributed by atoms with van der Waals surface area (Å²) in [6.45, 7) is -0.590. The van der Waals surface area contributed by atoms with Crippen LogP contribution in [0.2, 0.25) is 0 Å². The smallest absolute Gasteiger partial charge is 0.391 e. The van der Waals surface area contributed by atoms with Gasteiger partial charge in [0.15, 0.2) is 0 Å². The maximum Gasteiger partial charge on any atom is 0.391 e. The molecule has 1 aliphatic rings. The largest absolute Gasteiger partial charge is 0.481 e. The van der Waals surface area contributed by atoms with E-state index in [1.165, 1.54) is 0 Å². The second-order valence-corrected chi connectivity index (χ2v) is 4.06.